The second-order valence-corrected chi connectivity index (χ2v) is 3.94. The molecule has 0 spiro atoms. The second kappa shape index (κ2) is 3.72. The van der Waals surface area contributed by atoms with Crippen LogP contribution in [0.1, 0.15) is 10.4 Å². The van der Waals surface area contributed by atoms with E-state index in [-0.39, 0.29) is 17.2 Å². The third-order valence-corrected chi connectivity index (χ3v) is 2.66. The zero-order valence-electron chi connectivity index (χ0n) is 7.85. The van der Waals surface area contributed by atoms with Crippen molar-refractivity contribution in [3.05, 3.63) is 28.8 Å². The number of rotatable bonds is 1. The molecule has 0 aromatic heterocycles. The third kappa shape index (κ3) is 1.91. The smallest absolute Gasteiger partial charge is 0.255 e. The number of carbonyl (C=O) groups is 1. The number of aliphatic hydroxyl groups is 1. The average molecular weight is 228 g/mol. The largest absolute Gasteiger partial charge is 0.508 e. The van der Waals surface area contributed by atoms with E-state index in [0.717, 1.165) is 0 Å². The Morgan fingerprint density at radius 3 is 2.73 bits per heavy atom. The Balaban J connectivity index is 2.22. The minimum absolute atomic E-state index is 0.00354. The molecular weight excluding hydrogens is 218 g/mol. The molecule has 1 heterocycles. The number of aromatic hydroxyl groups is 1. The Kier molecular flexibility index (Phi) is 2.54. The highest BCUT2D eigenvalue weighted by Crippen LogP contribution is 2.24. The first-order valence-corrected chi connectivity index (χ1v) is 4.91. The van der Waals surface area contributed by atoms with Crippen LogP contribution in [0.25, 0.3) is 0 Å². The summed E-state index contributed by atoms with van der Waals surface area (Å²) < 4.78 is 0. The van der Waals surface area contributed by atoms with Gasteiger partial charge in [-0.1, -0.05) is 11.6 Å². The summed E-state index contributed by atoms with van der Waals surface area (Å²) in [6.07, 6.45) is -0.440. The summed E-state index contributed by atoms with van der Waals surface area (Å²) in [5, 5.41) is 18.6. The van der Waals surface area contributed by atoms with Crippen LogP contribution in [0.2, 0.25) is 5.02 Å². The molecule has 4 nitrogen and oxygen atoms in total. The van der Waals surface area contributed by atoms with E-state index >= 15 is 0 Å². The summed E-state index contributed by atoms with van der Waals surface area (Å²) in [5.74, 6) is -0.259. The Bertz CT molecular complexity index is 402. The van der Waals surface area contributed by atoms with Crippen LogP contribution in [0.5, 0.6) is 5.75 Å². The standard InChI is InChI=1S/C10H10ClNO3/c11-9-2-1-6(13)3-8(9)10(15)12-4-7(14)5-12/h1-3,7,13-14H,4-5H2. The highest BCUT2D eigenvalue weighted by Gasteiger charge is 2.30. The van der Waals surface area contributed by atoms with Gasteiger partial charge in [-0.15, -0.1) is 0 Å². The first kappa shape index (κ1) is 10.3. The lowest BCUT2D eigenvalue weighted by atomic mass is 10.1. The van der Waals surface area contributed by atoms with E-state index in [2.05, 4.69) is 0 Å². The molecule has 1 amide bonds. The van der Waals surface area contributed by atoms with E-state index in [0.29, 0.717) is 18.1 Å². The van der Waals surface area contributed by atoms with Gasteiger partial charge in [0.25, 0.3) is 5.91 Å². The maximum Gasteiger partial charge on any atom is 0.255 e. The first-order chi connectivity index (χ1) is 7.08. The summed E-state index contributed by atoms with van der Waals surface area (Å²) in [5.41, 5.74) is 0.267. The maximum absolute atomic E-state index is 11.8. The molecule has 0 unspecified atom stereocenters. The normalized spacial score (nSPS) is 16.3. The molecule has 15 heavy (non-hydrogen) atoms. The van der Waals surface area contributed by atoms with Crippen LogP contribution >= 0.6 is 11.6 Å². The SMILES string of the molecule is O=C(c1cc(O)ccc1Cl)N1CC(O)C1. The molecule has 0 aliphatic carbocycles. The van der Waals surface area contributed by atoms with E-state index in [1.54, 1.807) is 0 Å². The molecule has 1 fully saturated rings. The lowest BCUT2D eigenvalue weighted by Crippen LogP contribution is -2.53. The predicted molar refractivity (Wildman–Crippen MR) is 55.0 cm³/mol. The van der Waals surface area contributed by atoms with Crippen LogP contribution in [0, 0.1) is 0 Å². The Morgan fingerprint density at radius 1 is 1.47 bits per heavy atom. The van der Waals surface area contributed by atoms with Gasteiger partial charge in [0.2, 0.25) is 0 Å². The van der Waals surface area contributed by atoms with Crippen molar-refractivity contribution in [2.24, 2.45) is 0 Å². The minimum atomic E-state index is -0.440. The van der Waals surface area contributed by atoms with E-state index in [1.165, 1.54) is 23.1 Å². The molecule has 1 aliphatic heterocycles. The van der Waals surface area contributed by atoms with Gasteiger partial charge in [-0.2, -0.15) is 0 Å². The van der Waals surface area contributed by atoms with Gasteiger partial charge >= 0.3 is 0 Å². The molecule has 1 saturated heterocycles. The highest BCUT2D eigenvalue weighted by molar-refractivity contribution is 6.33. The number of phenols is 1. The van der Waals surface area contributed by atoms with Crippen LogP contribution in [-0.2, 0) is 0 Å². The number of aliphatic hydroxyl groups excluding tert-OH is 1. The van der Waals surface area contributed by atoms with Gasteiger partial charge in [0.1, 0.15) is 5.75 Å². The van der Waals surface area contributed by atoms with Crippen LogP contribution in [0.3, 0.4) is 0 Å². The lowest BCUT2D eigenvalue weighted by Gasteiger charge is -2.36. The fraction of sp³-hybridized carbons (Fsp3) is 0.300. The highest BCUT2D eigenvalue weighted by atomic mass is 35.5. The molecule has 1 aromatic rings. The average Bonchev–Trinajstić information content (AvgIpc) is 2.16. The Morgan fingerprint density at radius 2 is 2.13 bits per heavy atom. The fourth-order valence-electron chi connectivity index (χ4n) is 1.47. The molecule has 0 atom stereocenters. The van der Waals surface area contributed by atoms with Gasteiger partial charge in [0.05, 0.1) is 16.7 Å². The van der Waals surface area contributed by atoms with E-state index < -0.39 is 6.10 Å². The van der Waals surface area contributed by atoms with Crippen molar-refractivity contribution in [1.29, 1.82) is 0 Å². The number of likely N-dealkylation sites (tertiary alicyclic amines) is 1. The van der Waals surface area contributed by atoms with Crippen molar-refractivity contribution < 1.29 is 15.0 Å². The number of amides is 1. The number of hydrogen-bond donors (Lipinski definition) is 2. The molecule has 1 aliphatic rings. The van der Waals surface area contributed by atoms with Crippen molar-refractivity contribution in [3.63, 3.8) is 0 Å². The van der Waals surface area contributed by atoms with Crippen LogP contribution < -0.4 is 0 Å². The number of hydrogen-bond acceptors (Lipinski definition) is 3. The summed E-state index contributed by atoms with van der Waals surface area (Å²) in [4.78, 5) is 13.2. The summed E-state index contributed by atoms with van der Waals surface area (Å²) in [7, 11) is 0. The van der Waals surface area contributed by atoms with Crippen molar-refractivity contribution in [2.45, 2.75) is 6.10 Å². The maximum atomic E-state index is 11.8. The summed E-state index contributed by atoms with van der Waals surface area (Å²) in [6, 6.07) is 4.22. The third-order valence-electron chi connectivity index (χ3n) is 2.33. The fourth-order valence-corrected chi connectivity index (χ4v) is 1.67. The number of nitrogens with zero attached hydrogens (tertiary/aromatic N) is 1. The van der Waals surface area contributed by atoms with Crippen LogP contribution in [0.4, 0.5) is 0 Å². The molecular formula is C10H10ClNO3. The number of β-amino-alcohol motifs (C(OH)–C–C–N with tert-alkyl or cyclic N) is 1. The molecule has 0 saturated carbocycles. The zero-order valence-corrected chi connectivity index (χ0v) is 8.61. The Labute approximate surface area is 91.7 Å². The quantitative estimate of drug-likeness (QED) is 0.748. The number of phenolic OH excluding ortho intramolecular Hbond substituents is 1. The molecule has 2 N–H and O–H groups in total. The van der Waals surface area contributed by atoms with Crippen LogP contribution in [0.15, 0.2) is 18.2 Å². The number of halogens is 1. The first-order valence-electron chi connectivity index (χ1n) is 4.54. The van der Waals surface area contributed by atoms with Gasteiger partial charge in [0, 0.05) is 13.1 Å². The van der Waals surface area contributed by atoms with Crippen molar-refractivity contribution in [2.75, 3.05) is 13.1 Å². The molecule has 1 aromatic carbocycles. The topological polar surface area (TPSA) is 60.8 Å². The minimum Gasteiger partial charge on any atom is -0.508 e. The number of benzene rings is 1. The van der Waals surface area contributed by atoms with E-state index in [1.807, 2.05) is 0 Å². The van der Waals surface area contributed by atoms with Gasteiger partial charge in [-0.05, 0) is 18.2 Å². The molecule has 2 rings (SSSR count). The molecule has 0 radical (unpaired) electrons. The zero-order chi connectivity index (χ0) is 11.0. The summed E-state index contributed by atoms with van der Waals surface area (Å²) in [6.45, 7) is 0.648. The van der Waals surface area contributed by atoms with Crippen molar-refractivity contribution >= 4 is 17.5 Å². The monoisotopic (exact) mass is 227 g/mol. The van der Waals surface area contributed by atoms with Gasteiger partial charge in [0.15, 0.2) is 0 Å². The van der Waals surface area contributed by atoms with Gasteiger partial charge < -0.3 is 15.1 Å². The van der Waals surface area contributed by atoms with Gasteiger partial charge in [-0.3, -0.25) is 4.79 Å². The van der Waals surface area contributed by atoms with Crippen LogP contribution in [-0.4, -0.2) is 40.2 Å². The second-order valence-electron chi connectivity index (χ2n) is 3.53. The molecule has 0 bridgehead atoms. The van der Waals surface area contributed by atoms with E-state index in [4.69, 9.17) is 16.7 Å². The molecule has 80 valence electrons. The van der Waals surface area contributed by atoms with E-state index in [9.17, 15) is 9.90 Å². The number of carbonyl (C=O) groups excluding carboxylic acids is 1. The lowest BCUT2D eigenvalue weighted by molar-refractivity contribution is 0.00589. The predicted octanol–water partition coefficient (Wildman–Crippen LogP) is 0.862. The van der Waals surface area contributed by atoms with Crippen molar-refractivity contribution in [3.8, 4) is 5.75 Å². The molecule has 5 heteroatoms. The van der Waals surface area contributed by atoms with Gasteiger partial charge in [-0.25, -0.2) is 0 Å². The Hall–Kier alpha value is -1.26. The summed E-state index contributed by atoms with van der Waals surface area (Å²) >= 11 is 5.83. The van der Waals surface area contributed by atoms with Crippen molar-refractivity contribution in [1.82, 2.24) is 4.90 Å².